The third-order valence-electron chi connectivity index (χ3n) is 7.50. The molecule has 5 rings (SSSR count). The minimum absolute atomic E-state index is 0.0118. The number of benzene rings is 4. The molecule has 0 saturated heterocycles. The zero-order valence-electron chi connectivity index (χ0n) is 25.3. The summed E-state index contributed by atoms with van der Waals surface area (Å²) >= 11 is 0. The quantitative estimate of drug-likeness (QED) is 0.0436. The Hall–Kier alpha value is -5.98. The molecule has 0 saturated carbocycles. The number of nitrogens with one attached hydrogen (secondary N) is 2. The third-order valence-corrected chi connectivity index (χ3v) is 7.50. The Morgan fingerprint density at radius 3 is 2.40 bits per heavy atom. The Balaban J connectivity index is 1.60. The second-order valence-corrected chi connectivity index (χ2v) is 10.6. The fourth-order valence-electron chi connectivity index (χ4n) is 5.20. The van der Waals surface area contributed by atoms with E-state index in [0.717, 1.165) is 12.1 Å². The van der Waals surface area contributed by atoms with Crippen LogP contribution in [0.5, 0.6) is 5.75 Å². The molecule has 0 spiro atoms. The van der Waals surface area contributed by atoms with E-state index in [1.54, 1.807) is 72.8 Å². The normalized spacial score (nSPS) is 16.6. The van der Waals surface area contributed by atoms with Crippen LogP contribution in [-0.4, -0.2) is 35.7 Å². The number of halogens is 2. The van der Waals surface area contributed by atoms with Crippen LogP contribution in [0.25, 0.3) is 20.9 Å². The van der Waals surface area contributed by atoms with Gasteiger partial charge in [-0.1, -0.05) is 64.8 Å². The maximum absolute atomic E-state index is 14.4. The zero-order valence-corrected chi connectivity index (χ0v) is 25.3. The van der Waals surface area contributed by atoms with Gasteiger partial charge in [-0.25, -0.2) is 19.2 Å². The van der Waals surface area contributed by atoms with Gasteiger partial charge in [0.05, 0.1) is 6.61 Å². The van der Waals surface area contributed by atoms with E-state index >= 15 is 0 Å². The molecule has 4 aromatic carbocycles. The number of carbonyl (C=O) groups is 1. The van der Waals surface area contributed by atoms with Crippen molar-refractivity contribution < 1.29 is 28.2 Å². The SMILES string of the molecule is [N-]=[N+]=Nc1ccccc1C[C@]1(C(=O)NNCc2ccc(F)cc2F)N=C(c2ccc(OCCCO)cc2)O[C@H]1c1ccccc1N=[N+]=[N-]. The Kier molecular flexibility index (Phi) is 10.8. The summed E-state index contributed by atoms with van der Waals surface area (Å²) in [6, 6.07) is 23.1. The summed E-state index contributed by atoms with van der Waals surface area (Å²) < 4.78 is 40.0. The van der Waals surface area contributed by atoms with Crippen molar-refractivity contribution >= 4 is 23.2 Å². The van der Waals surface area contributed by atoms with Gasteiger partial charge in [0.25, 0.3) is 5.91 Å². The molecule has 1 aliphatic rings. The van der Waals surface area contributed by atoms with Gasteiger partial charge in [-0.2, -0.15) is 0 Å². The van der Waals surface area contributed by atoms with Gasteiger partial charge in [0.1, 0.15) is 17.4 Å². The summed E-state index contributed by atoms with van der Waals surface area (Å²) in [5.41, 5.74) is 23.9. The molecule has 1 heterocycles. The van der Waals surface area contributed by atoms with Gasteiger partial charge in [0.2, 0.25) is 5.90 Å². The van der Waals surface area contributed by atoms with Crippen LogP contribution < -0.4 is 15.6 Å². The predicted molar refractivity (Wildman–Crippen MR) is 172 cm³/mol. The van der Waals surface area contributed by atoms with E-state index in [4.69, 9.17) is 19.6 Å². The molecule has 15 heteroatoms. The Morgan fingerprint density at radius 2 is 1.67 bits per heavy atom. The first-order chi connectivity index (χ1) is 23.4. The van der Waals surface area contributed by atoms with Gasteiger partial charge >= 0.3 is 0 Å². The van der Waals surface area contributed by atoms with E-state index in [9.17, 15) is 24.6 Å². The molecule has 1 aliphatic heterocycles. The molecule has 0 unspecified atom stereocenters. The van der Waals surface area contributed by atoms with Crippen molar-refractivity contribution in [3.63, 3.8) is 0 Å². The van der Waals surface area contributed by atoms with E-state index in [0.29, 0.717) is 35.5 Å². The average molecular weight is 654 g/mol. The van der Waals surface area contributed by atoms with Gasteiger partial charge in [-0.15, -0.1) is 0 Å². The van der Waals surface area contributed by atoms with Crippen molar-refractivity contribution in [2.75, 3.05) is 13.2 Å². The lowest BCUT2D eigenvalue weighted by Crippen LogP contribution is -2.53. The highest BCUT2D eigenvalue weighted by atomic mass is 19.1. The Morgan fingerprint density at radius 1 is 0.958 bits per heavy atom. The number of aliphatic hydroxyl groups is 1. The number of amides is 1. The van der Waals surface area contributed by atoms with Crippen molar-refractivity contribution in [3.05, 3.63) is 146 Å². The fraction of sp³-hybridized carbons (Fsp3) is 0.212. The van der Waals surface area contributed by atoms with Gasteiger partial charge in [0.15, 0.2) is 11.6 Å². The highest BCUT2D eigenvalue weighted by molar-refractivity contribution is 6.01. The second kappa shape index (κ2) is 15.5. The average Bonchev–Trinajstić information content (AvgIpc) is 3.47. The zero-order chi connectivity index (χ0) is 33.9. The molecule has 244 valence electrons. The van der Waals surface area contributed by atoms with Crippen LogP contribution >= 0.6 is 0 Å². The lowest BCUT2D eigenvalue weighted by Gasteiger charge is -2.31. The number of aliphatic hydroxyl groups excluding tert-OH is 1. The van der Waals surface area contributed by atoms with E-state index in [1.807, 2.05) is 0 Å². The second-order valence-electron chi connectivity index (χ2n) is 10.6. The minimum atomic E-state index is -1.82. The lowest BCUT2D eigenvalue weighted by atomic mass is 9.81. The summed E-state index contributed by atoms with van der Waals surface area (Å²) in [5, 5.41) is 16.7. The first kappa shape index (κ1) is 33.4. The largest absolute Gasteiger partial charge is 0.494 e. The molecular weight excluding hydrogens is 624 g/mol. The fourth-order valence-corrected chi connectivity index (χ4v) is 5.20. The topological polar surface area (TPSA) is 190 Å². The van der Waals surface area contributed by atoms with Crippen LogP contribution in [0.3, 0.4) is 0 Å². The number of rotatable bonds is 14. The van der Waals surface area contributed by atoms with Crippen molar-refractivity contribution in [2.45, 2.75) is 31.0 Å². The Labute approximate surface area is 273 Å². The molecule has 1 amide bonds. The predicted octanol–water partition coefficient (Wildman–Crippen LogP) is 6.93. The smallest absolute Gasteiger partial charge is 0.266 e. The number of hydrazine groups is 1. The van der Waals surface area contributed by atoms with Crippen LogP contribution in [0.1, 0.15) is 34.8 Å². The molecule has 0 radical (unpaired) electrons. The van der Waals surface area contributed by atoms with Crippen LogP contribution in [0.15, 0.2) is 106 Å². The number of ether oxygens (including phenoxy) is 2. The summed E-state index contributed by atoms with van der Waals surface area (Å²) in [6.07, 6.45) is -0.874. The van der Waals surface area contributed by atoms with E-state index < -0.39 is 29.2 Å². The van der Waals surface area contributed by atoms with Gasteiger partial charge < -0.3 is 14.6 Å². The van der Waals surface area contributed by atoms with E-state index in [2.05, 4.69) is 30.9 Å². The van der Waals surface area contributed by atoms with Gasteiger partial charge in [0, 0.05) is 69.9 Å². The summed E-state index contributed by atoms with van der Waals surface area (Å²) in [5.74, 6) is -1.63. The number of carbonyl (C=O) groups excluding carboxylic acids is 1. The molecule has 0 aromatic heterocycles. The number of aliphatic imine (C=N–C) groups is 1. The van der Waals surface area contributed by atoms with Crippen molar-refractivity contribution in [1.82, 2.24) is 10.9 Å². The van der Waals surface area contributed by atoms with Crippen molar-refractivity contribution in [1.29, 1.82) is 0 Å². The molecule has 48 heavy (non-hydrogen) atoms. The first-order valence-corrected chi connectivity index (χ1v) is 14.7. The molecule has 2 atom stereocenters. The molecule has 0 bridgehead atoms. The van der Waals surface area contributed by atoms with Crippen LogP contribution in [0.2, 0.25) is 0 Å². The number of azide groups is 2. The molecule has 3 N–H and O–H groups in total. The lowest BCUT2D eigenvalue weighted by molar-refractivity contribution is -0.130. The minimum Gasteiger partial charge on any atom is -0.494 e. The molecule has 0 fully saturated rings. The van der Waals surface area contributed by atoms with Crippen LogP contribution in [0.4, 0.5) is 20.2 Å². The highest BCUT2D eigenvalue weighted by Crippen LogP contribution is 2.46. The molecule has 13 nitrogen and oxygen atoms in total. The van der Waals surface area contributed by atoms with Crippen LogP contribution in [0, 0.1) is 11.6 Å². The highest BCUT2D eigenvalue weighted by Gasteiger charge is 2.54. The maximum atomic E-state index is 14.4. The summed E-state index contributed by atoms with van der Waals surface area (Å²) in [7, 11) is 0. The Bertz CT molecular complexity index is 1910. The third kappa shape index (κ3) is 7.52. The van der Waals surface area contributed by atoms with Crippen LogP contribution in [-0.2, 0) is 22.5 Å². The standard InChI is InChI=1S/C33H29F2N9O4/c34-24-13-10-23(27(35)18-24)20-38-42-32(46)33(19-22-6-1-3-8-28(22)40-43-36)30(26-7-2-4-9-29(26)41-44-37)48-31(39-33)21-11-14-25(15-12-21)47-17-5-16-45/h1-4,6-15,18,30,38,45H,5,16-17,19-20H2,(H,42,46)/t30-,33-/m0/s1. The van der Waals surface area contributed by atoms with Gasteiger partial charge in [-0.05, 0) is 47.0 Å². The van der Waals surface area contributed by atoms with E-state index in [1.165, 1.54) is 6.07 Å². The van der Waals surface area contributed by atoms with E-state index in [-0.39, 0.29) is 42.4 Å². The number of hydrogen-bond donors (Lipinski definition) is 3. The summed E-state index contributed by atoms with van der Waals surface area (Å²) in [6.45, 7) is 0.106. The first-order valence-electron chi connectivity index (χ1n) is 14.7. The summed E-state index contributed by atoms with van der Waals surface area (Å²) in [4.78, 5) is 25.2. The monoisotopic (exact) mass is 653 g/mol. The van der Waals surface area contributed by atoms with Crippen molar-refractivity contribution in [3.8, 4) is 5.75 Å². The maximum Gasteiger partial charge on any atom is 0.266 e. The van der Waals surface area contributed by atoms with Crippen molar-refractivity contribution in [2.24, 2.45) is 15.2 Å². The van der Waals surface area contributed by atoms with Gasteiger partial charge in [-0.3, -0.25) is 10.2 Å². The number of hydrogen-bond acceptors (Lipinski definition) is 8. The molecular formula is C33H29F2N9O4. The molecule has 4 aromatic rings. The number of nitrogens with zero attached hydrogens (tertiary/aromatic N) is 7. The molecule has 0 aliphatic carbocycles.